The lowest BCUT2D eigenvalue weighted by molar-refractivity contribution is 0.660. The summed E-state index contributed by atoms with van der Waals surface area (Å²) in [6.07, 6.45) is 0. The number of aromatic nitrogens is 1. The van der Waals surface area contributed by atoms with Crippen LogP contribution in [0.3, 0.4) is 0 Å². The molecule has 0 saturated carbocycles. The quantitative estimate of drug-likeness (QED) is 0.155. The Kier molecular flexibility index (Phi) is 8.95. The lowest BCUT2D eigenvalue weighted by Crippen LogP contribution is -2.29. The van der Waals surface area contributed by atoms with Gasteiger partial charge in [-0.25, -0.2) is 0 Å². The van der Waals surface area contributed by atoms with Crippen molar-refractivity contribution in [3.05, 3.63) is 275 Å². The van der Waals surface area contributed by atoms with E-state index in [0.29, 0.717) is 0 Å². The van der Waals surface area contributed by atoms with Gasteiger partial charge in [-0.3, -0.25) is 0 Å². The Morgan fingerprint density at radius 3 is 1.51 bits per heavy atom. The summed E-state index contributed by atoms with van der Waals surface area (Å²) in [5.41, 5.74) is 24.0. The van der Waals surface area contributed by atoms with Crippen LogP contribution in [0, 0.1) is 13.8 Å². The first-order chi connectivity index (χ1) is 33.3. The van der Waals surface area contributed by atoms with Gasteiger partial charge in [-0.05, 0) is 130 Å². The van der Waals surface area contributed by atoms with Crippen molar-refractivity contribution in [3.8, 4) is 39.1 Å². The molecule has 1 aromatic heterocycles. The van der Waals surface area contributed by atoms with Gasteiger partial charge < -0.3 is 9.47 Å². The summed E-state index contributed by atoms with van der Waals surface area (Å²) in [5.74, 6) is 0. The van der Waals surface area contributed by atoms with Gasteiger partial charge in [0.1, 0.15) is 0 Å². The molecule has 0 bridgehead atoms. The number of nitrogens with zero attached hydrogens (tertiary/aromatic N) is 2. The van der Waals surface area contributed by atoms with Crippen molar-refractivity contribution in [1.29, 1.82) is 0 Å². The molecular weight excluding hydrogens is 821 g/mol. The normalized spacial score (nSPS) is 13.8. The largest absolute Gasteiger partial charge is 0.310 e. The van der Waals surface area contributed by atoms with Crippen molar-refractivity contribution in [2.45, 2.75) is 38.5 Å². The third kappa shape index (κ3) is 5.83. The van der Waals surface area contributed by atoms with Gasteiger partial charge in [-0.15, -0.1) is 0 Å². The topological polar surface area (TPSA) is 8.17 Å². The number of para-hydroxylation sites is 2. The van der Waals surface area contributed by atoms with Gasteiger partial charge in [-0.1, -0.05) is 201 Å². The predicted octanol–water partition coefficient (Wildman–Crippen LogP) is 17.2. The van der Waals surface area contributed by atoms with Crippen LogP contribution >= 0.6 is 0 Å². The lowest BCUT2D eigenvalue weighted by atomic mass is 9.67. The summed E-state index contributed by atoms with van der Waals surface area (Å²) in [4.78, 5) is 2.49. The molecule has 2 heteroatoms. The lowest BCUT2D eigenvalue weighted by Gasteiger charge is -2.35. The molecule has 11 aromatic rings. The monoisotopic (exact) mass is 870 g/mol. The molecule has 2 aliphatic carbocycles. The van der Waals surface area contributed by atoms with E-state index in [1.165, 1.54) is 105 Å². The third-order valence-corrected chi connectivity index (χ3v) is 15.2. The van der Waals surface area contributed by atoms with Crippen molar-refractivity contribution >= 4 is 38.9 Å². The van der Waals surface area contributed by atoms with Crippen LogP contribution in [0.15, 0.2) is 231 Å². The first kappa shape index (κ1) is 40.1. The average molecular weight is 871 g/mol. The smallest absolute Gasteiger partial charge is 0.0715 e. The molecular formula is C66H50N2. The highest BCUT2D eigenvalue weighted by Crippen LogP contribution is 2.60. The maximum absolute atomic E-state index is 2.52. The Morgan fingerprint density at radius 2 is 0.868 bits per heavy atom. The van der Waals surface area contributed by atoms with Gasteiger partial charge in [0.25, 0.3) is 0 Å². The fraction of sp³-hybridized carbons (Fsp3) is 0.0909. The van der Waals surface area contributed by atoms with Crippen LogP contribution in [0.1, 0.15) is 58.4 Å². The maximum Gasteiger partial charge on any atom is 0.0715 e. The van der Waals surface area contributed by atoms with E-state index in [9.17, 15) is 0 Å². The van der Waals surface area contributed by atoms with Crippen molar-refractivity contribution in [1.82, 2.24) is 4.57 Å². The van der Waals surface area contributed by atoms with Crippen molar-refractivity contribution in [3.63, 3.8) is 0 Å². The van der Waals surface area contributed by atoms with Gasteiger partial charge in [0.15, 0.2) is 0 Å². The summed E-state index contributed by atoms with van der Waals surface area (Å²) in [6, 6.07) is 86.6. The van der Waals surface area contributed by atoms with Crippen LogP contribution in [-0.4, -0.2) is 4.57 Å². The molecule has 68 heavy (non-hydrogen) atoms. The Bertz CT molecular complexity index is 3660. The van der Waals surface area contributed by atoms with Gasteiger partial charge in [0.2, 0.25) is 0 Å². The van der Waals surface area contributed by atoms with Crippen molar-refractivity contribution < 1.29 is 0 Å². The zero-order valence-electron chi connectivity index (χ0n) is 38.8. The van der Waals surface area contributed by atoms with E-state index in [1.54, 1.807) is 0 Å². The second kappa shape index (κ2) is 15.2. The third-order valence-electron chi connectivity index (χ3n) is 15.2. The molecule has 1 heterocycles. The minimum atomic E-state index is -0.638. The number of hydrogen-bond donors (Lipinski definition) is 0. The second-order valence-electron chi connectivity index (χ2n) is 19.4. The molecule has 0 fully saturated rings. The molecule has 0 radical (unpaired) electrons. The van der Waals surface area contributed by atoms with Gasteiger partial charge in [-0.2, -0.15) is 0 Å². The van der Waals surface area contributed by atoms with E-state index in [0.717, 1.165) is 17.1 Å². The molecule has 0 atom stereocenters. The summed E-state index contributed by atoms with van der Waals surface area (Å²) in [7, 11) is 0. The van der Waals surface area contributed by atoms with Crippen LogP contribution in [0.5, 0.6) is 0 Å². The van der Waals surface area contributed by atoms with Crippen LogP contribution in [0.4, 0.5) is 17.1 Å². The molecule has 0 N–H and O–H groups in total. The number of rotatable bonds is 7. The SMILES string of the molecule is Cc1ccc(C2(c3ccc(C)cc3)c3cc(N(c4ccc(-c5ccccc5)cc4)c4ccc5c(c4)C(C)(C)c4ccccc4-5)ccc3-c3c(-n4c5ccccc5c5ccccc54)cccc32)cc1. The van der Waals surface area contributed by atoms with E-state index in [1.807, 2.05) is 0 Å². The van der Waals surface area contributed by atoms with E-state index < -0.39 is 5.41 Å². The predicted molar refractivity (Wildman–Crippen MR) is 285 cm³/mol. The Morgan fingerprint density at radius 1 is 0.368 bits per heavy atom. The summed E-state index contributed by atoms with van der Waals surface area (Å²) in [6.45, 7) is 9.13. The highest BCUT2D eigenvalue weighted by atomic mass is 15.1. The van der Waals surface area contributed by atoms with Crippen LogP contribution in [0.2, 0.25) is 0 Å². The first-order valence-corrected chi connectivity index (χ1v) is 23.9. The van der Waals surface area contributed by atoms with E-state index >= 15 is 0 Å². The summed E-state index contributed by atoms with van der Waals surface area (Å²) in [5, 5.41) is 2.51. The molecule has 0 unspecified atom stereocenters. The molecule has 0 amide bonds. The van der Waals surface area contributed by atoms with E-state index in [4.69, 9.17) is 0 Å². The maximum atomic E-state index is 2.52. The number of anilines is 3. The number of hydrogen-bond acceptors (Lipinski definition) is 1. The zero-order chi connectivity index (χ0) is 45.7. The summed E-state index contributed by atoms with van der Waals surface area (Å²) < 4.78 is 2.51. The standard InChI is InChI=1S/C66H50N2/c1-43-25-31-47(32-26-43)66(48-33-27-44(2)28-34-48)58-21-14-24-63(68-61-22-12-9-18-54(61)55-19-10-13-23-62(55)68)64(58)56-40-38-51(42-60(56)66)67(49-35-29-46(30-36-49)45-15-6-5-7-16-45)50-37-39-53-52-17-8-11-20-57(52)65(3,4)59(53)41-50/h5-42H,1-4H3. The first-order valence-electron chi connectivity index (χ1n) is 23.9. The number of fused-ring (bicyclic) bond motifs is 9. The van der Waals surface area contributed by atoms with Gasteiger partial charge >= 0.3 is 0 Å². The fourth-order valence-electron chi connectivity index (χ4n) is 12.0. The molecule has 0 spiro atoms. The van der Waals surface area contributed by atoms with Gasteiger partial charge in [0.05, 0.1) is 22.1 Å². The minimum absolute atomic E-state index is 0.153. The van der Waals surface area contributed by atoms with Crippen LogP contribution in [0.25, 0.3) is 60.9 Å². The average Bonchev–Trinajstić information content (AvgIpc) is 3.96. The Labute approximate surface area is 399 Å². The highest BCUT2D eigenvalue weighted by Gasteiger charge is 2.48. The molecule has 10 aromatic carbocycles. The molecule has 0 saturated heterocycles. The van der Waals surface area contributed by atoms with Crippen LogP contribution in [-0.2, 0) is 10.8 Å². The number of benzene rings is 10. The van der Waals surface area contributed by atoms with Crippen molar-refractivity contribution in [2.75, 3.05) is 4.90 Å². The second-order valence-corrected chi connectivity index (χ2v) is 19.4. The van der Waals surface area contributed by atoms with E-state index in [-0.39, 0.29) is 5.41 Å². The highest BCUT2D eigenvalue weighted by molar-refractivity contribution is 6.10. The zero-order valence-corrected chi connectivity index (χ0v) is 38.8. The minimum Gasteiger partial charge on any atom is -0.310 e. The Hall–Kier alpha value is -8.20. The molecule has 0 aliphatic heterocycles. The van der Waals surface area contributed by atoms with Gasteiger partial charge in [0, 0.05) is 38.8 Å². The van der Waals surface area contributed by atoms with Crippen LogP contribution < -0.4 is 4.90 Å². The van der Waals surface area contributed by atoms with E-state index in [2.05, 4.69) is 268 Å². The fourth-order valence-corrected chi connectivity index (χ4v) is 12.0. The van der Waals surface area contributed by atoms with Crippen molar-refractivity contribution in [2.24, 2.45) is 0 Å². The molecule has 2 aliphatic rings. The molecule has 13 rings (SSSR count). The Balaban J connectivity index is 1.10. The number of aryl methyl sites for hydroxylation is 2. The molecule has 2 nitrogen and oxygen atoms in total. The summed E-state index contributed by atoms with van der Waals surface area (Å²) >= 11 is 0. The molecule has 324 valence electrons.